The van der Waals surface area contributed by atoms with Crippen molar-refractivity contribution in [1.29, 1.82) is 0 Å². The largest absolute Gasteiger partial charge is 0.259 e. The first-order valence-corrected chi connectivity index (χ1v) is 7.05. The van der Waals surface area contributed by atoms with E-state index in [0.717, 1.165) is 12.2 Å². The second kappa shape index (κ2) is 4.54. The van der Waals surface area contributed by atoms with Crippen LogP contribution in [0.5, 0.6) is 0 Å². The van der Waals surface area contributed by atoms with Crippen LogP contribution in [-0.2, 0) is 10.8 Å². The van der Waals surface area contributed by atoms with Gasteiger partial charge in [0.1, 0.15) is 0 Å². The third-order valence-corrected chi connectivity index (χ3v) is 5.14. The van der Waals surface area contributed by atoms with Gasteiger partial charge in [0.15, 0.2) is 0 Å². The standard InChI is InChI=1S/C14H18OS/c1-10-4-6-13(7-5-10)14-8-11(2)12(3)9-16(14)15/h4-7,14H,8-9H2,1-3H3/t14-,16?/m0/s1. The molecule has 16 heavy (non-hydrogen) atoms. The predicted octanol–water partition coefficient (Wildman–Crippen LogP) is 3.52. The fraction of sp³-hybridized carbons (Fsp3) is 0.429. The lowest BCUT2D eigenvalue weighted by Gasteiger charge is -2.24. The molecule has 0 aliphatic carbocycles. The van der Waals surface area contributed by atoms with Gasteiger partial charge in [0, 0.05) is 16.6 Å². The number of allylic oxidation sites excluding steroid dienone is 1. The minimum atomic E-state index is -0.744. The van der Waals surface area contributed by atoms with Gasteiger partial charge in [-0.15, -0.1) is 0 Å². The van der Waals surface area contributed by atoms with E-state index >= 15 is 0 Å². The summed E-state index contributed by atoms with van der Waals surface area (Å²) >= 11 is 0. The Morgan fingerprint density at radius 3 is 2.31 bits per heavy atom. The Morgan fingerprint density at radius 2 is 1.69 bits per heavy atom. The lowest BCUT2D eigenvalue weighted by atomic mass is 10.0. The lowest BCUT2D eigenvalue weighted by molar-refractivity contribution is 0.667. The molecule has 0 amide bonds. The van der Waals surface area contributed by atoms with Gasteiger partial charge in [-0.3, -0.25) is 4.21 Å². The SMILES string of the molecule is CC1=C(C)CS(=O)[C@H](c2ccc(C)cc2)C1. The van der Waals surface area contributed by atoms with Gasteiger partial charge >= 0.3 is 0 Å². The van der Waals surface area contributed by atoms with Crippen LogP contribution in [0, 0.1) is 6.92 Å². The molecule has 2 heteroatoms. The van der Waals surface area contributed by atoms with Gasteiger partial charge in [0.2, 0.25) is 0 Å². The van der Waals surface area contributed by atoms with Gasteiger partial charge in [-0.05, 0) is 32.8 Å². The van der Waals surface area contributed by atoms with Crippen molar-refractivity contribution < 1.29 is 4.21 Å². The van der Waals surface area contributed by atoms with Crippen molar-refractivity contribution in [3.8, 4) is 0 Å². The van der Waals surface area contributed by atoms with Crippen molar-refractivity contribution in [2.24, 2.45) is 0 Å². The van der Waals surface area contributed by atoms with E-state index in [0.29, 0.717) is 0 Å². The minimum absolute atomic E-state index is 0.198. The van der Waals surface area contributed by atoms with Gasteiger partial charge in [0.25, 0.3) is 0 Å². The average molecular weight is 234 g/mol. The van der Waals surface area contributed by atoms with Crippen molar-refractivity contribution in [1.82, 2.24) is 0 Å². The van der Waals surface area contributed by atoms with Crippen LogP contribution in [0.2, 0.25) is 0 Å². The fourth-order valence-corrected chi connectivity index (χ4v) is 3.80. The van der Waals surface area contributed by atoms with Gasteiger partial charge in [-0.25, -0.2) is 0 Å². The molecular weight excluding hydrogens is 216 g/mol. The third-order valence-electron chi connectivity index (χ3n) is 3.35. The zero-order chi connectivity index (χ0) is 11.7. The maximum absolute atomic E-state index is 12.1. The molecule has 1 aromatic carbocycles. The second-order valence-corrected chi connectivity index (χ2v) is 6.31. The van der Waals surface area contributed by atoms with E-state index in [1.54, 1.807) is 0 Å². The highest BCUT2D eigenvalue weighted by Gasteiger charge is 2.24. The Balaban J connectivity index is 2.29. The Kier molecular flexibility index (Phi) is 3.29. The van der Waals surface area contributed by atoms with Crippen molar-refractivity contribution in [2.45, 2.75) is 32.4 Å². The maximum atomic E-state index is 12.1. The Morgan fingerprint density at radius 1 is 1.06 bits per heavy atom. The smallest absolute Gasteiger partial charge is 0.0637 e. The summed E-state index contributed by atoms with van der Waals surface area (Å²) in [5.74, 6) is 0.740. The summed E-state index contributed by atoms with van der Waals surface area (Å²) < 4.78 is 12.1. The van der Waals surface area contributed by atoms with Crippen molar-refractivity contribution in [3.05, 3.63) is 46.5 Å². The highest BCUT2D eigenvalue weighted by atomic mass is 32.2. The van der Waals surface area contributed by atoms with Crippen LogP contribution in [0.1, 0.15) is 36.6 Å². The molecule has 0 radical (unpaired) electrons. The molecule has 1 aliphatic rings. The van der Waals surface area contributed by atoms with Crippen LogP contribution in [0.4, 0.5) is 0 Å². The van der Waals surface area contributed by atoms with E-state index in [-0.39, 0.29) is 5.25 Å². The molecule has 0 N–H and O–H groups in total. The summed E-state index contributed by atoms with van der Waals surface area (Å²) in [6, 6.07) is 8.44. The lowest BCUT2D eigenvalue weighted by Crippen LogP contribution is -2.17. The molecule has 1 heterocycles. The quantitative estimate of drug-likeness (QED) is 0.679. The number of hydrogen-bond donors (Lipinski definition) is 0. The first-order chi connectivity index (χ1) is 7.58. The second-order valence-electron chi connectivity index (χ2n) is 4.69. The molecule has 0 bridgehead atoms. The number of aryl methyl sites for hydroxylation is 1. The van der Waals surface area contributed by atoms with E-state index in [2.05, 4.69) is 45.0 Å². The van der Waals surface area contributed by atoms with E-state index in [4.69, 9.17) is 0 Å². The highest BCUT2D eigenvalue weighted by Crippen LogP contribution is 2.33. The first kappa shape index (κ1) is 11.6. The summed E-state index contributed by atoms with van der Waals surface area (Å²) in [4.78, 5) is 0. The molecule has 0 saturated carbocycles. The monoisotopic (exact) mass is 234 g/mol. The molecule has 2 atom stereocenters. The Labute approximate surface area is 100 Å². The van der Waals surface area contributed by atoms with Gasteiger partial charge in [0.05, 0.1) is 5.25 Å². The molecule has 0 aromatic heterocycles. The van der Waals surface area contributed by atoms with Crippen LogP contribution >= 0.6 is 0 Å². The third kappa shape index (κ3) is 2.27. The predicted molar refractivity (Wildman–Crippen MR) is 69.9 cm³/mol. The summed E-state index contributed by atoms with van der Waals surface area (Å²) in [6.07, 6.45) is 0.946. The van der Waals surface area contributed by atoms with Gasteiger partial charge < -0.3 is 0 Å². The summed E-state index contributed by atoms with van der Waals surface area (Å²) in [5, 5.41) is 0.198. The van der Waals surface area contributed by atoms with Crippen LogP contribution < -0.4 is 0 Å². The maximum Gasteiger partial charge on any atom is 0.0637 e. The molecule has 1 unspecified atom stereocenters. The Bertz CT molecular complexity index is 442. The molecule has 1 aromatic rings. The number of hydrogen-bond acceptors (Lipinski definition) is 1. The molecule has 2 rings (SSSR count). The highest BCUT2D eigenvalue weighted by molar-refractivity contribution is 7.85. The summed E-state index contributed by atoms with van der Waals surface area (Å²) in [7, 11) is -0.744. The number of benzene rings is 1. The molecule has 0 spiro atoms. The molecular formula is C14H18OS. The van der Waals surface area contributed by atoms with Crippen LogP contribution in [-0.4, -0.2) is 9.96 Å². The minimum Gasteiger partial charge on any atom is -0.259 e. The van der Waals surface area contributed by atoms with Crippen molar-refractivity contribution in [2.75, 3.05) is 5.75 Å². The summed E-state index contributed by atoms with van der Waals surface area (Å²) in [6.45, 7) is 6.34. The van der Waals surface area contributed by atoms with Crippen LogP contribution in [0.15, 0.2) is 35.4 Å². The van der Waals surface area contributed by atoms with Crippen LogP contribution in [0.3, 0.4) is 0 Å². The summed E-state index contributed by atoms with van der Waals surface area (Å²) in [5.41, 5.74) is 5.19. The first-order valence-electron chi connectivity index (χ1n) is 5.67. The van der Waals surface area contributed by atoms with E-state index in [9.17, 15) is 4.21 Å². The average Bonchev–Trinajstić information content (AvgIpc) is 2.25. The zero-order valence-electron chi connectivity index (χ0n) is 10.1. The fourth-order valence-electron chi connectivity index (χ4n) is 2.03. The van der Waals surface area contributed by atoms with E-state index in [1.165, 1.54) is 22.3 Å². The van der Waals surface area contributed by atoms with Crippen LogP contribution in [0.25, 0.3) is 0 Å². The van der Waals surface area contributed by atoms with E-state index in [1.807, 2.05) is 0 Å². The molecule has 0 saturated heterocycles. The molecule has 1 nitrogen and oxygen atoms in total. The van der Waals surface area contributed by atoms with Gasteiger partial charge in [-0.1, -0.05) is 41.0 Å². The van der Waals surface area contributed by atoms with Crippen molar-refractivity contribution in [3.63, 3.8) is 0 Å². The Hall–Kier alpha value is -0.890. The van der Waals surface area contributed by atoms with Crippen molar-refractivity contribution >= 4 is 10.8 Å². The van der Waals surface area contributed by atoms with Gasteiger partial charge in [-0.2, -0.15) is 0 Å². The molecule has 1 aliphatic heterocycles. The molecule has 0 fully saturated rings. The topological polar surface area (TPSA) is 17.1 Å². The zero-order valence-corrected chi connectivity index (χ0v) is 10.9. The normalized spacial score (nSPS) is 25.9. The molecule has 86 valence electrons. The number of rotatable bonds is 1. The van der Waals surface area contributed by atoms with E-state index < -0.39 is 10.8 Å².